The van der Waals surface area contributed by atoms with E-state index in [1.165, 1.54) is 4.88 Å². The van der Waals surface area contributed by atoms with E-state index in [-0.39, 0.29) is 0 Å². The number of benzene rings is 1. The number of carbonyl (C=O) groups is 1. The van der Waals surface area contributed by atoms with E-state index in [2.05, 4.69) is 19.2 Å². The minimum atomic E-state index is -0.783. The van der Waals surface area contributed by atoms with Crippen LogP contribution in [0.4, 0.5) is 5.13 Å². The Labute approximate surface area is 176 Å². The van der Waals surface area contributed by atoms with Crippen LogP contribution in [0.3, 0.4) is 0 Å². The Morgan fingerprint density at radius 1 is 1.36 bits per heavy atom. The number of thiazole rings is 1. The van der Waals surface area contributed by atoms with Gasteiger partial charge in [-0.3, -0.25) is 4.79 Å². The number of nitrogens with zero attached hydrogens (tertiary/aromatic N) is 1. The summed E-state index contributed by atoms with van der Waals surface area (Å²) in [6, 6.07) is 5.99. The number of halogens is 1. The first-order valence-corrected chi connectivity index (χ1v) is 10.9. The number of aliphatic carboxylic acids is 1. The van der Waals surface area contributed by atoms with Gasteiger partial charge in [-0.05, 0) is 50.3 Å². The molecule has 0 aliphatic carbocycles. The minimum Gasteiger partial charge on any atom is -0.481 e. The van der Waals surface area contributed by atoms with Crippen molar-refractivity contribution < 1.29 is 9.90 Å². The molecule has 0 radical (unpaired) electrons. The van der Waals surface area contributed by atoms with Gasteiger partial charge in [0.25, 0.3) is 0 Å². The van der Waals surface area contributed by atoms with Gasteiger partial charge in [-0.25, -0.2) is 4.98 Å². The van der Waals surface area contributed by atoms with Gasteiger partial charge in [0.05, 0.1) is 11.6 Å². The molecule has 7 heteroatoms. The van der Waals surface area contributed by atoms with Crippen LogP contribution in [0.25, 0.3) is 11.3 Å². The van der Waals surface area contributed by atoms with Gasteiger partial charge in [-0.15, -0.1) is 11.3 Å². The molecule has 2 aromatic rings. The first-order chi connectivity index (χ1) is 13.3. The van der Waals surface area contributed by atoms with Crippen LogP contribution in [-0.2, 0) is 11.2 Å². The first-order valence-electron chi connectivity index (χ1n) is 9.74. The molecule has 0 spiro atoms. The zero-order valence-corrected chi connectivity index (χ0v) is 18.4. The zero-order chi connectivity index (χ0) is 20.7. The van der Waals surface area contributed by atoms with Crippen molar-refractivity contribution >= 4 is 34.0 Å². The maximum atomic E-state index is 11.5. The average Bonchev–Trinajstić information content (AvgIpc) is 3.02. The summed E-state index contributed by atoms with van der Waals surface area (Å²) < 4.78 is 0. The largest absolute Gasteiger partial charge is 0.481 e. The van der Waals surface area contributed by atoms with Gasteiger partial charge in [0, 0.05) is 22.0 Å². The Morgan fingerprint density at radius 2 is 2.11 bits per heavy atom. The van der Waals surface area contributed by atoms with Gasteiger partial charge in [-0.1, -0.05) is 44.0 Å². The van der Waals surface area contributed by atoms with Crippen LogP contribution in [-0.4, -0.2) is 29.1 Å². The van der Waals surface area contributed by atoms with E-state index in [0.29, 0.717) is 25.4 Å². The fraction of sp³-hybridized carbons (Fsp3) is 0.524. The lowest BCUT2D eigenvalue weighted by atomic mass is 10.0. The van der Waals surface area contributed by atoms with E-state index < -0.39 is 11.9 Å². The molecule has 4 N–H and O–H groups in total. The molecule has 1 unspecified atom stereocenters. The number of unbranched alkanes of at least 4 members (excludes halogenated alkanes) is 1. The Balaban J connectivity index is 2.19. The molecule has 28 heavy (non-hydrogen) atoms. The van der Waals surface area contributed by atoms with Crippen molar-refractivity contribution in [3.8, 4) is 11.3 Å². The second-order valence-electron chi connectivity index (χ2n) is 7.55. The van der Waals surface area contributed by atoms with Crippen LogP contribution in [0.2, 0.25) is 5.02 Å². The number of anilines is 1. The summed E-state index contributed by atoms with van der Waals surface area (Å²) >= 11 is 7.91. The number of aryl methyl sites for hydroxylation is 1. The predicted molar refractivity (Wildman–Crippen MR) is 118 cm³/mol. The fourth-order valence-corrected chi connectivity index (χ4v) is 4.34. The number of aromatic nitrogens is 1. The number of nitrogens with two attached hydrogens (primary N) is 1. The summed E-state index contributed by atoms with van der Waals surface area (Å²) in [5.41, 5.74) is 8.47. The number of carboxylic acids is 1. The highest BCUT2D eigenvalue weighted by Gasteiger charge is 2.19. The Bertz CT molecular complexity index is 792. The summed E-state index contributed by atoms with van der Waals surface area (Å²) in [7, 11) is 0. The topological polar surface area (TPSA) is 88.2 Å². The molecule has 5 nitrogen and oxygen atoms in total. The van der Waals surface area contributed by atoms with E-state index in [1.54, 1.807) is 11.3 Å². The minimum absolute atomic E-state index is 0.364. The number of carboxylic acid groups (broad SMARTS) is 1. The molecular weight excluding hydrogens is 394 g/mol. The molecule has 1 atom stereocenters. The smallest absolute Gasteiger partial charge is 0.308 e. The maximum Gasteiger partial charge on any atom is 0.308 e. The highest BCUT2D eigenvalue weighted by atomic mass is 35.5. The monoisotopic (exact) mass is 423 g/mol. The van der Waals surface area contributed by atoms with Crippen LogP contribution in [0.1, 0.15) is 43.6 Å². The van der Waals surface area contributed by atoms with Gasteiger partial charge in [0.1, 0.15) is 0 Å². The molecule has 0 bridgehead atoms. The molecule has 0 aliphatic rings. The highest BCUT2D eigenvalue weighted by molar-refractivity contribution is 7.16. The zero-order valence-electron chi connectivity index (χ0n) is 16.8. The SMILES string of the molecule is Cc1ccc(-c2nc(NCC(CCCCN)C(=O)O)sc2CC(C)C)cc1Cl. The van der Waals surface area contributed by atoms with Crippen molar-refractivity contribution in [1.82, 2.24) is 4.98 Å². The molecule has 1 heterocycles. The van der Waals surface area contributed by atoms with Crippen molar-refractivity contribution in [1.29, 1.82) is 0 Å². The lowest BCUT2D eigenvalue weighted by Gasteiger charge is -2.12. The molecule has 1 aromatic heterocycles. The van der Waals surface area contributed by atoms with E-state index in [9.17, 15) is 9.90 Å². The second kappa shape index (κ2) is 10.8. The maximum absolute atomic E-state index is 11.5. The molecule has 0 fully saturated rings. The molecule has 0 aliphatic heterocycles. The third-order valence-corrected chi connectivity index (χ3v) is 6.03. The molecule has 154 valence electrons. The Morgan fingerprint density at radius 3 is 2.71 bits per heavy atom. The van der Waals surface area contributed by atoms with Gasteiger partial charge in [0.15, 0.2) is 5.13 Å². The molecule has 0 amide bonds. The molecule has 0 saturated carbocycles. The fourth-order valence-electron chi connectivity index (χ4n) is 2.96. The van der Waals surface area contributed by atoms with E-state index in [1.807, 2.05) is 25.1 Å². The number of nitrogens with one attached hydrogen (secondary N) is 1. The summed E-state index contributed by atoms with van der Waals surface area (Å²) in [5.74, 6) is -0.730. The summed E-state index contributed by atoms with van der Waals surface area (Å²) in [6.07, 6.45) is 3.19. The summed E-state index contributed by atoms with van der Waals surface area (Å²) in [6.45, 7) is 7.29. The third-order valence-electron chi connectivity index (χ3n) is 4.59. The lowest BCUT2D eigenvalue weighted by Crippen LogP contribution is -2.23. The van der Waals surface area contributed by atoms with Crippen molar-refractivity contribution in [2.45, 2.75) is 46.5 Å². The van der Waals surface area contributed by atoms with E-state index in [0.717, 1.165) is 46.2 Å². The van der Waals surface area contributed by atoms with Gasteiger partial charge < -0.3 is 16.2 Å². The van der Waals surface area contributed by atoms with E-state index in [4.69, 9.17) is 22.3 Å². The van der Waals surface area contributed by atoms with Gasteiger partial charge in [-0.2, -0.15) is 0 Å². The Hall–Kier alpha value is -1.63. The number of rotatable bonds is 11. The first kappa shape index (κ1) is 22.7. The lowest BCUT2D eigenvalue weighted by molar-refractivity contribution is -0.141. The molecule has 2 rings (SSSR count). The van der Waals surface area contributed by atoms with Gasteiger partial charge in [0.2, 0.25) is 0 Å². The average molecular weight is 424 g/mol. The Kier molecular flexibility index (Phi) is 8.73. The quantitative estimate of drug-likeness (QED) is 0.431. The molecule has 1 aromatic carbocycles. The van der Waals surface area contributed by atoms with Crippen LogP contribution < -0.4 is 11.1 Å². The normalized spacial score (nSPS) is 12.4. The van der Waals surface area contributed by atoms with Crippen LogP contribution in [0.15, 0.2) is 18.2 Å². The summed E-state index contributed by atoms with van der Waals surface area (Å²) in [4.78, 5) is 17.5. The van der Waals surface area contributed by atoms with Crippen molar-refractivity contribution in [2.24, 2.45) is 17.6 Å². The van der Waals surface area contributed by atoms with Crippen molar-refractivity contribution in [3.05, 3.63) is 33.7 Å². The number of hydrogen-bond acceptors (Lipinski definition) is 5. The highest BCUT2D eigenvalue weighted by Crippen LogP contribution is 2.34. The number of hydrogen-bond donors (Lipinski definition) is 3. The molecule has 0 saturated heterocycles. The second-order valence-corrected chi connectivity index (χ2v) is 9.04. The standard InChI is InChI=1S/C21H30ClN3O2S/c1-13(2)10-18-19(15-8-7-14(3)17(22)11-15)25-21(28-18)24-12-16(20(26)27)6-4-5-9-23/h7-8,11,13,16H,4-6,9-10,12,23H2,1-3H3,(H,24,25)(H,26,27). The summed E-state index contributed by atoms with van der Waals surface area (Å²) in [5, 5.41) is 14.2. The van der Waals surface area contributed by atoms with Crippen LogP contribution in [0.5, 0.6) is 0 Å². The van der Waals surface area contributed by atoms with Crippen molar-refractivity contribution in [2.75, 3.05) is 18.4 Å². The van der Waals surface area contributed by atoms with Gasteiger partial charge >= 0.3 is 5.97 Å². The molecular formula is C21H30ClN3O2S. The third kappa shape index (κ3) is 6.47. The van der Waals surface area contributed by atoms with Crippen LogP contribution in [0, 0.1) is 18.8 Å². The predicted octanol–water partition coefficient (Wildman–Crippen LogP) is 5.21. The van der Waals surface area contributed by atoms with Crippen LogP contribution >= 0.6 is 22.9 Å². The van der Waals surface area contributed by atoms with E-state index >= 15 is 0 Å². The van der Waals surface area contributed by atoms with Crippen molar-refractivity contribution in [3.63, 3.8) is 0 Å².